The Hall–Kier alpha value is -1.50. The van der Waals surface area contributed by atoms with Gasteiger partial charge in [-0.2, -0.15) is 0 Å². The number of carbonyl (C=O) groups excluding carboxylic acids is 1. The van der Waals surface area contributed by atoms with Gasteiger partial charge in [0.15, 0.2) is 23.3 Å². The Bertz CT molecular complexity index is 539. The molecule has 1 aliphatic heterocycles. The summed E-state index contributed by atoms with van der Waals surface area (Å²) in [6, 6.07) is 0. The zero-order chi connectivity index (χ0) is 15.6. The maximum Gasteiger partial charge on any atom is 0.222 e. The van der Waals surface area contributed by atoms with Gasteiger partial charge < -0.3 is 10.2 Å². The number of anilines is 1. The molecule has 1 aromatic rings. The molecule has 116 valence electrons. The van der Waals surface area contributed by atoms with Crippen molar-refractivity contribution in [1.82, 2.24) is 4.90 Å². The molecule has 1 aromatic carbocycles. The average Bonchev–Trinajstić information content (AvgIpc) is 2.87. The number of benzene rings is 1. The topological polar surface area (TPSA) is 32.3 Å². The van der Waals surface area contributed by atoms with E-state index in [0.717, 1.165) is 6.42 Å². The molecule has 3 nitrogen and oxygen atoms in total. The molecule has 8 heteroatoms. The summed E-state index contributed by atoms with van der Waals surface area (Å²) >= 11 is 5.12. The number of hydrogen-bond donors (Lipinski definition) is 1. The van der Waals surface area contributed by atoms with Gasteiger partial charge in [-0.3, -0.25) is 4.79 Å². The molecule has 0 radical (unpaired) electrons. The molecule has 1 N–H and O–H groups in total. The predicted octanol–water partition coefficient (Wildman–Crippen LogP) is 3.32. The maximum absolute atomic E-state index is 13.5. The van der Waals surface area contributed by atoms with E-state index in [1.807, 2.05) is 0 Å². The van der Waals surface area contributed by atoms with Gasteiger partial charge in [-0.05, 0) is 12.8 Å². The predicted molar refractivity (Wildman–Crippen MR) is 70.2 cm³/mol. The van der Waals surface area contributed by atoms with Gasteiger partial charge in [-0.1, -0.05) is 11.6 Å². The van der Waals surface area contributed by atoms with Crippen molar-refractivity contribution >= 4 is 23.2 Å². The largest absolute Gasteiger partial charge is 0.380 e. The molecule has 1 saturated heterocycles. The Morgan fingerprint density at radius 2 is 1.71 bits per heavy atom. The summed E-state index contributed by atoms with van der Waals surface area (Å²) in [5.74, 6) is -6.34. The molecule has 0 aliphatic carbocycles. The quantitative estimate of drug-likeness (QED) is 0.390. The summed E-state index contributed by atoms with van der Waals surface area (Å²) in [6.07, 6.45) is 1.70. The summed E-state index contributed by atoms with van der Waals surface area (Å²) < 4.78 is 53.5. The summed E-state index contributed by atoms with van der Waals surface area (Å²) in [6.45, 7) is 1.15. The van der Waals surface area contributed by atoms with E-state index in [9.17, 15) is 22.4 Å². The Kier molecular flexibility index (Phi) is 4.92. The van der Waals surface area contributed by atoms with Crippen LogP contribution in [0, 0.1) is 23.3 Å². The lowest BCUT2D eigenvalue weighted by Gasteiger charge is -2.16. The van der Waals surface area contributed by atoms with Crippen molar-refractivity contribution in [2.45, 2.75) is 19.3 Å². The van der Waals surface area contributed by atoms with E-state index in [2.05, 4.69) is 5.32 Å². The fraction of sp³-hybridized carbons (Fsp3) is 0.462. The van der Waals surface area contributed by atoms with Crippen LogP contribution < -0.4 is 5.32 Å². The minimum absolute atomic E-state index is 0.0379. The van der Waals surface area contributed by atoms with Gasteiger partial charge in [-0.15, -0.1) is 0 Å². The second kappa shape index (κ2) is 6.51. The monoisotopic (exact) mass is 324 g/mol. The highest BCUT2D eigenvalue weighted by Crippen LogP contribution is 2.30. The third kappa shape index (κ3) is 3.23. The summed E-state index contributed by atoms with van der Waals surface area (Å²) in [5, 5.41) is 1.09. The fourth-order valence-electron chi connectivity index (χ4n) is 2.18. The van der Waals surface area contributed by atoms with Gasteiger partial charge in [0.2, 0.25) is 5.91 Å². The average molecular weight is 325 g/mol. The lowest BCUT2D eigenvalue weighted by molar-refractivity contribution is -0.127. The molecular formula is C13H13ClF4N2O. The van der Waals surface area contributed by atoms with Gasteiger partial charge in [0, 0.05) is 26.1 Å². The second-order valence-electron chi connectivity index (χ2n) is 4.71. The molecule has 1 fully saturated rings. The van der Waals surface area contributed by atoms with E-state index in [-0.39, 0.29) is 12.5 Å². The van der Waals surface area contributed by atoms with Crippen LogP contribution in [-0.4, -0.2) is 30.4 Å². The highest BCUT2D eigenvalue weighted by molar-refractivity contribution is 6.31. The number of likely N-dealkylation sites (tertiary alicyclic amines) is 1. The van der Waals surface area contributed by atoms with Crippen LogP contribution in [0.1, 0.15) is 19.3 Å². The van der Waals surface area contributed by atoms with E-state index in [4.69, 9.17) is 11.6 Å². The molecule has 0 aromatic heterocycles. The fourth-order valence-corrected chi connectivity index (χ4v) is 2.35. The molecule has 0 spiro atoms. The second-order valence-corrected chi connectivity index (χ2v) is 5.09. The minimum atomic E-state index is -1.63. The maximum atomic E-state index is 13.5. The number of nitrogens with one attached hydrogen (secondary N) is 1. The lowest BCUT2D eigenvalue weighted by Crippen LogP contribution is -2.27. The first-order valence-electron chi connectivity index (χ1n) is 6.46. The van der Waals surface area contributed by atoms with Crippen LogP contribution in [0.15, 0.2) is 0 Å². The van der Waals surface area contributed by atoms with Crippen molar-refractivity contribution < 1.29 is 22.4 Å². The highest BCUT2D eigenvalue weighted by Gasteiger charge is 2.24. The number of carbonyl (C=O) groups is 1. The van der Waals surface area contributed by atoms with Crippen LogP contribution in [-0.2, 0) is 4.79 Å². The molecule has 0 atom stereocenters. The first-order chi connectivity index (χ1) is 9.93. The van der Waals surface area contributed by atoms with Crippen molar-refractivity contribution in [3.05, 3.63) is 28.3 Å². The minimum Gasteiger partial charge on any atom is -0.380 e. The highest BCUT2D eigenvalue weighted by atomic mass is 35.5. The molecule has 0 bridgehead atoms. The molecule has 2 rings (SSSR count). The van der Waals surface area contributed by atoms with Crippen LogP contribution >= 0.6 is 11.6 Å². The third-order valence-corrected chi connectivity index (χ3v) is 3.62. The van der Waals surface area contributed by atoms with Gasteiger partial charge in [0.25, 0.3) is 0 Å². The standard InChI is InChI=1S/C13H13ClF4N2O/c14-8-9(15)11(17)13(12(18)10(8)16)19-4-2-6-20-5-1-3-7(20)21/h19H,1-6H2. The molecule has 1 heterocycles. The Morgan fingerprint density at radius 3 is 2.24 bits per heavy atom. The van der Waals surface area contributed by atoms with Crippen molar-refractivity contribution in [2.75, 3.05) is 25.0 Å². The van der Waals surface area contributed by atoms with E-state index in [1.165, 1.54) is 0 Å². The van der Waals surface area contributed by atoms with E-state index < -0.39 is 34.0 Å². The SMILES string of the molecule is O=C1CCCN1CCCNc1c(F)c(F)c(Cl)c(F)c1F. The molecule has 1 amide bonds. The van der Waals surface area contributed by atoms with Crippen LogP contribution in [0.2, 0.25) is 5.02 Å². The van der Waals surface area contributed by atoms with E-state index >= 15 is 0 Å². The third-order valence-electron chi connectivity index (χ3n) is 3.29. The number of hydrogen-bond acceptors (Lipinski definition) is 2. The van der Waals surface area contributed by atoms with Gasteiger partial charge in [-0.25, -0.2) is 17.6 Å². The number of nitrogens with zero attached hydrogens (tertiary/aromatic N) is 1. The van der Waals surface area contributed by atoms with Crippen molar-refractivity contribution in [3.63, 3.8) is 0 Å². The smallest absolute Gasteiger partial charge is 0.222 e. The van der Waals surface area contributed by atoms with Gasteiger partial charge in [0.05, 0.1) is 0 Å². The van der Waals surface area contributed by atoms with E-state index in [1.54, 1.807) is 4.90 Å². The molecule has 1 aliphatic rings. The van der Waals surface area contributed by atoms with Crippen molar-refractivity contribution in [2.24, 2.45) is 0 Å². The summed E-state index contributed by atoms with van der Waals surface area (Å²) in [5.41, 5.74) is -0.887. The van der Waals surface area contributed by atoms with Crippen LogP contribution in [0.5, 0.6) is 0 Å². The van der Waals surface area contributed by atoms with Crippen molar-refractivity contribution in [3.8, 4) is 0 Å². The lowest BCUT2D eigenvalue weighted by atomic mass is 10.2. The van der Waals surface area contributed by atoms with Crippen LogP contribution in [0.3, 0.4) is 0 Å². The molecular weight excluding hydrogens is 312 g/mol. The van der Waals surface area contributed by atoms with Crippen molar-refractivity contribution in [1.29, 1.82) is 0 Å². The number of halogens is 5. The molecule has 0 unspecified atom stereocenters. The number of amides is 1. The first kappa shape index (κ1) is 15.9. The molecule has 0 saturated carbocycles. The van der Waals surface area contributed by atoms with Crippen LogP contribution in [0.25, 0.3) is 0 Å². The molecule has 21 heavy (non-hydrogen) atoms. The zero-order valence-electron chi connectivity index (χ0n) is 11.0. The van der Waals surface area contributed by atoms with Gasteiger partial charge in [0.1, 0.15) is 10.7 Å². The van der Waals surface area contributed by atoms with Crippen LogP contribution in [0.4, 0.5) is 23.2 Å². The normalized spacial score (nSPS) is 14.9. The summed E-state index contributed by atoms with van der Waals surface area (Å²) in [4.78, 5) is 13.0. The van der Waals surface area contributed by atoms with E-state index in [0.29, 0.717) is 25.9 Å². The van der Waals surface area contributed by atoms with Gasteiger partial charge >= 0.3 is 0 Å². The Morgan fingerprint density at radius 1 is 1.10 bits per heavy atom. The Labute approximate surface area is 123 Å². The summed E-state index contributed by atoms with van der Waals surface area (Å²) in [7, 11) is 0. The zero-order valence-corrected chi connectivity index (χ0v) is 11.7. The number of rotatable bonds is 5. The first-order valence-corrected chi connectivity index (χ1v) is 6.84. The Balaban J connectivity index is 1.96.